The molecule has 1 fully saturated rings. The highest BCUT2D eigenvalue weighted by molar-refractivity contribution is 5.89. The molecule has 0 saturated carbocycles. The van der Waals surface area contributed by atoms with Gasteiger partial charge in [0.25, 0.3) is 0 Å². The van der Waals surface area contributed by atoms with Crippen LogP contribution < -0.4 is 5.32 Å². The summed E-state index contributed by atoms with van der Waals surface area (Å²) >= 11 is 0. The molecular formula is C15H22N2O2. The number of nitrogens with one attached hydrogen (secondary N) is 1. The fourth-order valence-corrected chi connectivity index (χ4v) is 2.28. The lowest BCUT2D eigenvalue weighted by Gasteiger charge is -2.27. The number of ether oxygens (including phenoxy) is 1. The van der Waals surface area contributed by atoms with E-state index in [9.17, 15) is 4.79 Å². The molecule has 2 rings (SSSR count). The monoisotopic (exact) mass is 262 g/mol. The highest BCUT2D eigenvalue weighted by Gasteiger charge is 2.18. The maximum atomic E-state index is 12.1. The molecule has 1 aliphatic heterocycles. The lowest BCUT2D eigenvalue weighted by atomic mass is 10.1. The Kier molecular flexibility index (Phi) is 4.80. The third-order valence-corrected chi connectivity index (χ3v) is 3.37. The second kappa shape index (κ2) is 6.57. The summed E-state index contributed by atoms with van der Waals surface area (Å²) in [4.78, 5) is 13.7. The number of nitrogens with zero attached hydrogens (tertiary/aromatic N) is 1. The number of carbonyl (C=O) groups is 1. The summed E-state index contributed by atoms with van der Waals surface area (Å²) < 4.78 is 5.65. The van der Waals surface area contributed by atoms with Crippen LogP contribution in [0.2, 0.25) is 0 Å². The Morgan fingerprint density at radius 1 is 1.47 bits per heavy atom. The first-order valence-electron chi connectivity index (χ1n) is 6.85. The zero-order chi connectivity index (χ0) is 13.7. The van der Waals surface area contributed by atoms with Gasteiger partial charge < -0.3 is 15.0 Å². The van der Waals surface area contributed by atoms with Crippen molar-refractivity contribution in [2.45, 2.75) is 32.3 Å². The molecule has 104 valence electrons. The molecule has 0 spiro atoms. The molecule has 1 aromatic carbocycles. The van der Waals surface area contributed by atoms with Gasteiger partial charge in [0.2, 0.25) is 0 Å². The number of likely N-dealkylation sites (N-methyl/N-ethyl adjacent to an activating group) is 1. The van der Waals surface area contributed by atoms with Crippen molar-refractivity contribution in [3.05, 3.63) is 29.8 Å². The first kappa shape index (κ1) is 13.9. The largest absolute Gasteiger partial charge is 0.376 e. The van der Waals surface area contributed by atoms with Crippen molar-refractivity contribution in [3.63, 3.8) is 0 Å². The summed E-state index contributed by atoms with van der Waals surface area (Å²) in [6, 6.07) is 7.73. The van der Waals surface area contributed by atoms with Gasteiger partial charge in [0, 0.05) is 25.9 Å². The highest BCUT2D eigenvalue weighted by Crippen LogP contribution is 2.14. The van der Waals surface area contributed by atoms with E-state index in [-0.39, 0.29) is 12.1 Å². The second-order valence-electron chi connectivity index (χ2n) is 5.17. The Balaban J connectivity index is 1.84. The molecular weight excluding hydrogens is 240 g/mol. The molecule has 0 radical (unpaired) electrons. The molecule has 1 aliphatic rings. The van der Waals surface area contributed by atoms with E-state index < -0.39 is 0 Å². The molecule has 2 amide bonds. The zero-order valence-corrected chi connectivity index (χ0v) is 11.7. The van der Waals surface area contributed by atoms with Gasteiger partial charge in [0.15, 0.2) is 0 Å². The van der Waals surface area contributed by atoms with Gasteiger partial charge in [-0.3, -0.25) is 0 Å². The van der Waals surface area contributed by atoms with E-state index in [1.165, 1.54) is 6.42 Å². The van der Waals surface area contributed by atoms with Gasteiger partial charge in [0.05, 0.1) is 6.10 Å². The molecule has 4 nitrogen and oxygen atoms in total. The van der Waals surface area contributed by atoms with Gasteiger partial charge in [0.1, 0.15) is 0 Å². The number of rotatable bonds is 3. The van der Waals surface area contributed by atoms with Crippen molar-refractivity contribution < 1.29 is 9.53 Å². The summed E-state index contributed by atoms with van der Waals surface area (Å²) in [5.41, 5.74) is 1.97. The number of hydrogen-bond acceptors (Lipinski definition) is 2. The van der Waals surface area contributed by atoms with Crippen LogP contribution in [0.4, 0.5) is 10.5 Å². The number of aryl methyl sites for hydroxylation is 1. The van der Waals surface area contributed by atoms with Gasteiger partial charge in [-0.05, 0) is 43.9 Å². The van der Waals surface area contributed by atoms with Crippen LogP contribution in [-0.4, -0.2) is 37.2 Å². The van der Waals surface area contributed by atoms with Gasteiger partial charge in [-0.25, -0.2) is 4.79 Å². The van der Waals surface area contributed by atoms with Crippen molar-refractivity contribution in [3.8, 4) is 0 Å². The zero-order valence-electron chi connectivity index (χ0n) is 11.7. The smallest absolute Gasteiger partial charge is 0.321 e. The minimum absolute atomic E-state index is 0.0835. The van der Waals surface area contributed by atoms with Crippen LogP contribution in [0.15, 0.2) is 24.3 Å². The van der Waals surface area contributed by atoms with Crippen LogP contribution in [0.25, 0.3) is 0 Å². The third-order valence-electron chi connectivity index (χ3n) is 3.37. The average Bonchev–Trinajstić information content (AvgIpc) is 2.40. The van der Waals surface area contributed by atoms with E-state index in [2.05, 4.69) is 5.32 Å². The lowest BCUT2D eigenvalue weighted by Crippen LogP contribution is -2.39. The van der Waals surface area contributed by atoms with Crippen LogP contribution in [0, 0.1) is 6.92 Å². The highest BCUT2D eigenvalue weighted by atomic mass is 16.5. The lowest BCUT2D eigenvalue weighted by molar-refractivity contribution is 0.00463. The number of hydrogen-bond donors (Lipinski definition) is 1. The van der Waals surface area contributed by atoms with E-state index in [4.69, 9.17) is 4.74 Å². The van der Waals surface area contributed by atoms with Crippen molar-refractivity contribution in [2.24, 2.45) is 0 Å². The Morgan fingerprint density at radius 3 is 3.00 bits per heavy atom. The fraction of sp³-hybridized carbons (Fsp3) is 0.533. The predicted molar refractivity (Wildman–Crippen MR) is 76.4 cm³/mol. The number of anilines is 1. The van der Waals surface area contributed by atoms with Crippen LogP contribution in [0.1, 0.15) is 24.8 Å². The Labute approximate surface area is 114 Å². The third kappa shape index (κ3) is 4.24. The maximum Gasteiger partial charge on any atom is 0.321 e. The molecule has 1 heterocycles. The Morgan fingerprint density at radius 2 is 2.32 bits per heavy atom. The average molecular weight is 262 g/mol. The number of amides is 2. The summed E-state index contributed by atoms with van der Waals surface area (Å²) in [6.45, 7) is 3.48. The van der Waals surface area contributed by atoms with Crippen LogP contribution in [-0.2, 0) is 4.74 Å². The number of carbonyl (C=O) groups excluding carboxylic acids is 1. The summed E-state index contributed by atoms with van der Waals surface area (Å²) in [5.74, 6) is 0. The summed E-state index contributed by atoms with van der Waals surface area (Å²) in [7, 11) is 1.81. The predicted octanol–water partition coefficient (Wildman–Crippen LogP) is 3.03. The summed E-state index contributed by atoms with van der Waals surface area (Å²) in [5, 5.41) is 2.90. The fourth-order valence-electron chi connectivity index (χ4n) is 2.28. The minimum Gasteiger partial charge on any atom is -0.376 e. The molecule has 1 unspecified atom stereocenters. The standard InChI is InChI=1S/C15H22N2O2/c1-12-6-5-7-13(10-12)16-15(18)17(2)11-14-8-3-4-9-19-14/h5-7,10,14H,3-4,8-9,11H2,1-2H3,(H,16,18). The normalized spacial score (nSPS) is 18.9. The molecule has 1 aromatic rings. The first-order chi connectivity index (χ1) is 9.15. The van der Waals surface area contributed by atoms with Crippen LogP contribution >= 0.6 is 0 Å². The number of urea groups is 1. The molecule has 4 heteroatoms. The van der Waals surface area contributed by atoms with Gasteiger partial charge >= 0.3 is 6.03 Å². The van der Waals surface area contributed by atoms with E-state index in [1.807, 2.05) is 38.2 Å². The molecule has 19 heavy (non-hydrogen) atoms. The van der Waals surface area contributed by atoms with Crippen LogP contribution in [0.5, 0.6) is 0 Å². The Bertz CT molecular complexity index is 428. The van der Waals surface area contributed by atoms with Crippen LogP contribution in [0.3, 0.4) is 0 Å². The number of benzene rings is 1. The van der Waals surface area contributed by atoms with Gasteiger partial charge in [-0.2, -0.15) is 0 Å². The topological polar surface area (TPSA) is 41.6 Å². The molecule has 0 aromatic heterocycles. The minimum atomic E-state index is -0.0835. The molecule has 0 bridgehead atoms. The molecule has 1 N–H and O–H groups in total. The van der Waals surface area contributed by atoms with Gasteiger partial charge in [-0.15, -0.1) is 0 Å². The SMILES string of the molecule is Cc1cccc(NC(=O)N(C)CC2CCCCO2)c1. The quantitative estimate of drug-likeness (QED) is 0.909. The molecule has 0 aliphatic carbocycles. The Hall–Kier alpha value is -1.55. The van der Waals surface area contributed by atoms with E-state index in [1.54, 1.807) is 4.90 Å². The molecule has 1 atom stereocenters. The summed E-state index contributed by atoms with van der Waals surface area (Å²) in [6.07, 6.45) is 3.55. The molecule has 1 saturated heterocycles. The van der Waals surface area contributed by atoms with Crippen molar-refractivity contribution >= 4 is 11.7 Å². The van der Waals surface area contributed by atoms with E-state index in [0.29, 0.717) is 6.54 Å². The van der Waals surface area contributed by atoms with Gasteiger partial charge in [-0.1, -0.05) is 12.1 Å². The second-order valence-corrected chi connectivity index (χ2v) is 5.17. The van der Waals surface area contributed by atoms with E-state index in [0.717, 1.165) is 30.7 Å². The van der Waals surface area contributed by atoms with Crippen molar-refractivity contribution in [2.75, 3.05) is 25.5 Å². The van der Waals surface area contributed by atoms with Crippen molar-refractivity contribution in [1.29, 1.82) is 0 Å². The van der Waals surface area contributed by atoms with E-state index >= 15 is 0 Å². The van der Waals surface area contributed by atoms with Crippen molar-refractivity contribution in [1.82, 2.24) is 4.90 Å². The first-order valence-corrected chi connectivity index (χ1v) is 6.85. The maximum absolute atomic E-state index is 12.1.